The summed E-state index contributed by atoms with van der Waals surface area (Å²) < 4.78 is 5.76. The van der Waals surface area contributed by atoms with Crippen LogP contribution in [0.1, 0.15) is 56.2 Å². The van der Waals surface area contributed by atoms with Crippen molar-refractivity contribution in [1.29, 1.82) is 0 Å². The Labute approximate surface area is 237 Å². The number of rotatable bonds is 6. The summed E-state index contributed by atoms with van der Waals surface area (Å²) in [4.78, 5) is 41.8. The number of benzene rings is 2. The van der Waals surface area contributed by atoms with Gasteiger partial charge in [0.05, 0.1) is 30.5 Å². The van der Waals surface area contributed by atoms with E-state index in [0.717, 1.165) is 16.7 Å². The predicted octanol–water partition coefficient (Wildman–Crippen LogP) is 4.22. The number of aliphatic hydroxyl groups is 1. The Balaban J connectivity index is 1.48. The molecular weight excluding hydrogens is 504 g/mol. The highest BCUT2D eigenvalue weighted by Crippen LogP contribution is 2.26. The Bertz CT molecular complexity index is 1180. The number of cyclic esters (lactones) is 1. The molecule has 0 fully saturated rings. The number of carbonyl (C=O) groups excluding carboxylic acids is 3. The number of allylic oxidation sites excluding steroid dienone is 2. The van der Waals surface area contributed by atoms with Gasteiger partial charge in [-0.3, -0.25) is 14.4 Å². The van der Waals surface area contributed by atoms with Crippen LogP contribution in [0.2, 0.25) is 0 Å². The van der Waals surface area contributed by atoms with Crippen molar-refractivity contribution < 1.29 is 24.2 Å². The largest absolute Gasteiger partial charge is 0.463 e. The highest BCUT2D eigenvalue weighted by atomic mass is 16.5. The van der Waals surface area contributed by atoms with Gasteiger partial charge in [-0.25, -0.2) is 0 Å². The van der Waals surface area contributed by atoms with Crippen LogP contribution in [0.3, 0.4) is 0 Å². The second kappa shape index (κ2) is 14.3. The lowest BCUT2D eigenvalue weighted by Gasteiger charge is -2.36. The first-order chi connectivity index (χ1) is 19.4. The fraction of sp³-hybridized carbons (Fsp3) is 0.485. The molecule has 7 heteroatoms. The molecule has 0 saturated heterocycles. The number of esters is 1. The Morgan fingerprint density at radius 2 is 1.75 bits per heavy atom. The second-order valence-electron chi connectivity index (χ2n) is 11.4. The summed E-state index contributed by atoms with van der Waals surface area (Å²) in [6, 6.07) is 17.3. The first kappa shape index (κ1) is 29.5. The number of fused-ring (bicyclic) bond motifs is 1. The van der Waals surface area contributed by atoms with Gasteiger partial charge in [0, 0.05) is 13.0 Å². The molecule has 4 unspecified atom stereocenters. The van der Waals surface area contributed by atoms with Crippen molar-refractivity contribution in [3.05, 3.63) is 83.4 Å². The zero-order valence-electron chi connectivity index (χ0n) is 23.6. The highest BCUT2D eigenvalue weighted by molar-refractivity contribution is 5.86. The van der Waals surface area contributed by atoms with E-state index in [1.165, 1.54) is 0 Å². The summed E-state index contributed by atoms with van der Waals surface area (Å²) >= 11 is 0. The maximum absolute atomic E-state index is 13.5. The van der Waals surface area contributed by atoms with E-state index in [-0.39, 0.29) is 61.3 Å². The van der Waals surface area contributed by atoms with E-state index in [2.05, 4.69) is 5.32 Å². The van der Waals surface area contributed by atoms with Crippen molar-refractivity contribution in [2.45, 2.75) is 71.0 Å². The molecule has 7 nitrogen and oxygen atoms in total. The second-order valence-corrected chi connectivity index (χ2v) is 11.4. The number of nitrogens with one attached hydrogen (secondary N) is 1. The molecule has 0 aliphatic carbocycles. The quantitative estimate of drug-likeness (QED) is 0.418. The lowest BCUT2D eigenvalue weighted by molar-refractivity contribution is -0.150. The summed E-state index contributed by atoms with van der Waals surface area (Å²) in [5.74, 6) is -1.39. The number of amides is 2. The van der Waals surface area contributed by atoms with Gasteiger partial charge in [-0.05, 0) is 54.7 Å². The molecule has 0 saturated carbocycles. The maximum Gasteiger partial charge on any atom is 0.309 e. The van der Waals surface area contributed by atoms with Crippen LogP contribution in [0.15, 0.2) is 66.7 Å². The van der Waals surface area contributed by atoms with Crippen LogP contribution in [0.25, 0.3) is 0 Å². The molecule has 214 valence electrons. The van der Waals surface area contributed by atoms with Gasteiger partial charge >= 0.3 is 5.97 Å². The standard InChI is InChI=1S/C33H42N2O5/c1-23(2)30-22-40-33(39)27(17-24-11-5-3-6-12-24)15-8-4-7-14-26(32(38)34-30)19-31(37)35-20-28-16-10-9-13-25(28)18-29(35)21-36/h3-7,9-13,16,23,26-27,29-30,36H,8,14-15,17-22H2,1-2H3,(H,34,38). The lowest BCUT2D eigenvalue weighted by Crippen LogP contribution is -2.49. The normalized spacial score (nSPS) is 24.2. The Morgan fingerprint density at radius 3 is 2.48 bits per heavy atom. The zero-order chi connectivity index (χ0) is 28.5. The third-order valence-electron chi connectivity index (χ3n) is 8.14. The first-order valence-electron chi connectivity index (χ1n) is 14.5. The number of hydrogen-bond acceptors (Lipinski definition) is 5. The summed E-state index contributed by atoms with van der Waals surface area (Å²) in [7, 11) is 0. The van der Waals surface area contributed by atoms with Crippen LogP contribution in [-0.2, 0) is 38.5 Å². The van der Waals surface area contributed by atoms with Gasteiger partial charge in [-0.2, -0.15) is 0 Å². The monoisotopic (exact) mass is 546 g/mol. The van der Waals surface area contributed by atoms with E-state index in [4.69, 9.17) is 4.74 Å². The molecule has 2 N–H and O–H groups in total. The molecule has 2 aliphatic heterocycles. The minimum absolute atomic E-state index is 0.0405. The van der Waals surface area contributed by atoms with Crippen LogP contribution in [0, 0.1) is 17.8 Å². The van der Waals surface area contributed by atoms with Crippen LogP contribution in [-0.4, -0.2) is 53.1 Å². The van der Waals surface area contributed by atoms with E-state index >= 15 is 0 Å². The molecular formula is C33H42N2O5. The average Bonchev–Trinajstić information content (AvgIpc) is 2.97. The Kier molecular flexibility index (Phi) is 10.5. The topological polar surface area (TPSA) is 95.9 Å². The van der Waals surface area contributed by atoms with Crippen LogP contribution in [0.4, 0.5) is 0 Å². The fourth-order valence-corrected chi connectivity index (χ4v) is 5.52. The Morgan fingerprint density at radius 1 is 1.02 bits per heavy atom. The minimum atomic E-state index is -0.557. The smallest absolute Gasteiger partial charge is 0.309 e. The summed E-state index contributed by atoms with van der Waals surface area (Å²) in [6.45, 7) is 4.36. The van der Waals surface area contributed by atoms with Gasteiger partial charge in [0.2, 0.25) is 11.8 Å². The molecule has 2 aromatic carbocycles. The SMILES string of the molecule is CC(C)C1COC(=O)C(Cc2ccccc2)CCC=CCC(CC(=O)N2Cc3ccccc3CC2CO)C(=O)N1. The van der Waals surface area contributed by atoms with Gasteiger partial charge < -0.3 is 20.1 Å². The predicted molar refractivity (Wildman–Crippen MR) is 154 cm³/mol. The summed E-state index contributed by atoms with van der Waals surface area (Å²) in [5.41, 5.74) is 3.31. The van der Waals surface area contributed by atoms with Crippen molar-refractivity contribution in [2.24, 2.45) is 17.8 Å². The number of nitrogens with zero attached hydrogens (tertiary/aromatic N) is 1. The molecule has 2 aliphatic rings. The third-order valence-corrected chi connectivity index (χ3v) is 8.14. The van der Waals surface area contributed by atoms with E-state index in [0.29, 0.717) is 38.6 Å². The number of aliphatic hydroxyl groups excluding tert-OH is 1. The molecule has 2 amide bonds. The van der Waals surface area contributed by atoms with Gasteiger partial charge in [-0.15, -0.1) is 0 Å². The lowest BCUT2D eigenvalue weighted by atomic mass is 9.92. The first-order valence-corrected chi connectivity index (χ1v) is 14.5. The Hall–Kier alpha value is -3.45. The fourth-order valence-electron chi connectivity index (χ4n) is 5.52. The molecule has 0 aromatic heterocycles. The van der Waals surface area contributed by atoms with Crippen LogP contribution in [0.5, 0.6) is 0 Å². The minimum Gasteiger partial charge on any atom is -0.463 e. The zero-order valence-corrected chi connectivity index (χ0v) is 23.6. The number of carbonyl (C=O) groups is 3. The van der Waals surface area contributed by atoms with E-state index in [9.17, 15) is 19.5 Å². The van der Waals surface area contributed by atoms with Crippen LogP contribution >= 0.6 is 0 Å². The van der Waals surface area contributed by atoms with Gasteiger partial charge in [0.1, 0.15) is 6.61 Å². The highest BCUT2D eigenvalue weighted by Gasteiger charge is 2.33. The number of ether oxygens (including phenoxy) is 1. The molecule has 2 aromatic rings. The van der Waals surface area contributed by atoms with Crippen molar-refractivity contribution in [3.63, 3.8) is 0 Å². The third kappa shape index (κ3) is 7.81. The molecule has 0 bridgehead atoms. The van der Waals surface area contributed by atoms with Crippen molar-refractivity contribution in [3.8, 4) is 0 Å². The summed E-state index contributed by atoms with van der Waals surface area (Å²) in [6.07, 6.45) is 6.96. The van der Waals surface area contributed by atoms with E-state index in [1.807, 2.05) is 80.6 Å². The van der Waals surface area contributed by atoms with Crippen LogP contribution < -0.4 is 5.32 Å². The molecule has 40 heavy (non-hydrogen) atoms. The van der Waals surface area contributed by atoms with Gasteiger partial charge in [-0.1, -0.05) is 80.6 Å². The van der Waals surface area contributed by atoms with Crippen molar-refractivity contribution in [1.82, 2.24) is 10.2 Å². The molecule has 0 radical (unpaired) electrons. The molecule has 4 atom stereocenters. The van der Waals surface area contributed by atoms with Gasteiger partial charge in [0.15, 0.2) is 0 Å². The number of hydrogen-bond donors (Lipinski definition) is 2. The average molecular weight is 547 g/mol. The summed E-state index contributed by atoms with van der Waals surface area (Å²) in [5, 5.41) is 13.1. The van der Waals surface area contributed by atoms with Crippen molar-refractivity contribution >= 4 is 17.8 Å². The van der Waals surface area contributed by atoms with E-state index < -0.39 is 5.92 Å². The van der Waals surface area contributed by atoms with Gasteiger partial charge in [0.25, 0.3) is 0 Å². The maximum atomic E-state index is 13.5. The molecule has 4 rings (SSSR count). The molecule has 2 heterocycles. The van der Waals surface area contributed by atoms with Crippen molar-refractivity contribution in [2.75, 3.05) is 13.2 Å². The van der Waals surface area contributed by atoms with E-state index in [1.54, 1.807) is 4.90 Å². The molecule has 0 spiro atoms.